The van der Waals surface area contributed by atoms with Gasteiger partial charge in [0.1, 0.15) is 27.5 Å². The van der Waals surface area contributed by atoms with Gasteiger partial charge >= 0.3 is 0 Å². The molecular formula is C24H24FN5O7S. The summed E-state index contributed by atoms with van der Waals surface area (Å²) in [6.45, 7) is 3.32. The molecule has 0 atom stereocenters. The molecule has 4 rings (SSSR count). The van der Waals surface area contributed by atoms with E-state index < -0.39 is 21.8 Å². The maximum Gasteiger partial charge on any atom is 0.279 e. The van der Waals surface area contributed by atoms with E-state index in [9.17, 15) is 17.6 Å². The number of methoxy groups -OCH3 is 3. The normalized spacial score (nSPS) is 11.3. The smallest absolute Gasteiger partial charge is 0.279 e. The number of carbonyl (C=O) groups is 1. The van der Waals surface area contributed by atoms with Crippen molar-refractivity contribution in [3.05, 3.63) is 66.3 Å². The Bertz CT molecular complexity index is 1610. The van der Waals surface area contributed by atoms with E-state index >= 15 is 0 Å². The van der Waals surface area contributed by atoms with Crippen LogP contribution in [0, 0.1) is 0 Å². The van der Waals surface area contributed by atoms with Gasteiger partial charge in [-0.1, -0.05) is 11.7 Å². The van der Waals surface area contributed by atoms with Crippen LogP contribution in [-0.4, -0.2) is 50.6 Å². The fourth-order valence-corrected chi connectivity index (χ4v) is 4.80. The van der Waals surface area contributed by atoms with Gasteiger partial charge in [-0.05, 0) is 29.8 Å². The van der Waals surface area contributed by atoms with Crippen LogP contribution < -0.4 is 24.2 Å². The van der Waals surface area contributed by atoms with Crippen LogP contribution in [0.15, 0.2) is 64.5 Å². The zero-order valence-electron chi connectivity index (χ0n) is 20.6. The predicted molar refractivity (Wildman–Crippen MR) is 134 cm³/mol. The van der Waals surface area contributed by atoms with Gasteiger partial charge in [-0.15, -0.1) is 0 Å². The molecule has 0 fully saturated rings. The van der Waals surface area contributed by atoms with Crippen molar-refractivity contribution in [2.75, 3.05) is 26.1 Å². The summed E-state index contributed by atoms with van der Waals surface area (Å²) in [4.78, 5) is 11.2. The van der Waals surface area contributed by atoms with E-state index in [-0.39, 0.29) is 28.6 Å². The third-order valence-electron chi connectivity index (χ3n) is 5.44. The van der Waals surface area contributed by atoms with E-state index in [2.05, 4.69) is 26.9 Å². The summed E-state index contributed by atoms with van der Waals surface area (Å²) in [6.07, 6.45) is 3.21. The number of ether oxygens (including phenoxy) is 3. The molecule has 0 saturated heterocycles. The zero-order chi connectivity index (χ0) is 27.4. The van der Waals surface area contributed by atoms with Crippen LogP contribution in [0.25, 0.3) is 11.0 Å². The molecule has 2 N–H and O–H groups in total. The van der Waals surface area contributed by atoms with Gasteiger partial charge in [0.25, 0.3) is 15.9 Å². The Morgan fingerprint density at radius 1 is 1.11 bits per heavy atom. The van der Waals surface area contributed by atoms with E-state index in [4.69, 9.17) is 18.7 Å². The first kappa shape index (κ1) is 26.5. The molecule has 2 heterocycles. The van der Waals surface area contributed by atoms with Gasteiger partial charge in [0.05, 0.1) is 34.1 Å². The number of hydrogen-bond acceptors (Lipinski definition) is 9. The third kappa shape index (κ3) is 5.54. The number of nitrogens with zero attached hydrogens (tertiary/aromatic N) is 3. The van der Waals surface area contributed by atoms with Crippen molar-refractivity contribution in [1.82, 2.24) is 20.3 Å². The van der Waals surface area contributed by atoms with E-state index in [0.29, 0.717) is 34.6 Å². The van der Waals surface area contributed by atoms with Gasteiger partial charge in [-0.3, -0.25) is 14.2 Å². The summed E-state index contributed by atoms with van der Waals surface area (Å²) in [6, 6.07) is 7.68. The SMILES string of the molecule is C=C(F)C(=O)NCc1cnn(Cc2cc(OC)c3c(NS(=O)(=O)c4ccc(OC)cc4OC)noc3c2)c1. The van der Waals surface area contributed by atoms with Gasteiger partial charge in [0, 0.05) is 24.4 Å². The maximum absolute atomic E-state index is 13.1. The van der Waals surface area contributed by atoms with Crippen molar-refractivity contribution in [3.63, 3.8) is 0 Å². The van der Waals surface area contributed by atoms with E-state index in [1.54, 1.807) is 23.0 Å². The molecule has 0 aliphatic heterocycles. The lowest BCUT2D eigenvalue weighted by molar-refractivity contribution is -0.119. The molecule has 0 radical (unpaired) electrons. The molecule has 0 aliphatic carbocycles. The second-order valence-corrected chi connectivity index (χ2v) is 9.61. The van der Waals surface area contributed by atoms with Crippen molar-refractivity contribution in [2.45, 2.75) is 18.0 Å². The molecule has 0 aliphatic rings. The van der Waals surface area contributed by atoms with Crippen molar-refractivity contribution in [3.8, 4) is 17.2 Å². The number of nitrogens with one attached hydrogen (secondary N) is 2. The summed E-state index contributed by atoms with van der Waals surface area (Å²) in [7, 11) is 0.122. The van der Waals surface area contributed by atoms with Crippen LogP contribution in [0.2, 0.25) is 0 Å². The van der Waals surface area contributed by atoms with Crippen molar-refractivity contribution < 1.29 is 36.3 Å². The van der Waals surface area contributed by atoms with Gasteiger partial charge < -0.3 is 24.1 Å². The van der Waals surface area contributed by atoms with E-state index in [1.165, 1.54) is 45.7 Å². The number of halogens is 1. The summed E-state index contributed by atoms with van der Waals surface area (Å²) in [5.74, 6) is -1.19. The van der Waals surface area contributed by atoms with Crippen LogP contribution in [0.3, 0.4) is 0 Å². The largest absolute Gasteiger partial charge is 0.497 e. The second kappa shape index (κ2) is 10.8. The first-order chi connectivity index (χ1) is 18.1. The number of fused-ring (bicyclic) bond motifs is 1. The first-order valence-electron chi connectivity index (χ1n) is 11.0. The average molecular weight is 546 g/mol. The fourth-order valence-electron chi connectivity index (χ4n) is 3.64. The molecule has 14 heteroatoms. The Balaban J connectivity index is 1.58. The minimum Gasteiger partial charge on any atom is -0.497 e. The second-order valence-electron chi connectivity index (χ2n) is 7.96. The Labute approximate surface area is 217 Å². The van der Waals surface area contributed by atoms with Crippen LogP contribution in [-0.2, 0) is 27.9 Å². The minimum atomic E-state index is -4.12. The topological polar surface area (TPSA) is 147 Å². The summed E-state index contributed by atoms with van der Waals surface area (Å²) in [5.41, 5.74) is 1.64. The number of carbonyl (C=O) groups excluding carboxylic acids is 1. The van der Waals surface area contributed by atoms with Crippen LogP contribution >= 0.6 is 0 Å². The van der Waals surface area contributed by atoms with E-state index in [0.717, 1.165) is 0 Å². The van der Waals surface area contributed by atoms with Gasteiger partial charge in [-0.2, -0.15) is 5.10 Å². The lowest BCUT2D eigenvalue weighted by Crippen LogP contribution is -2.22. The van der Waals surface area contributed by atoms with Crippen LogP contribution in [0.1, 0.15) is 11.1 Å². The Morgan fingerprint density at radius 3 is 2.55 bits per heavy atom. The predicted octanol–water partition coefficient (Wildman–Crippen LogP) is 3.00. The number of amides is 1. The Hall–Kier alpha value is -4.59. The highest BCUT2D eigenvalue weighted by Gasteiger charge is 2.25. The standard InChI is InChI=1S/C24H24FN5O7S/c1-14(25)24(31)26-10-16-11-27-30(13-16)12-15-7-19(36-4)22-20(8-15)37-28-23(22)29-38(32,33)21-6-5-17(34-2)9-18(21)35-3/h5-9,11,13H,1,10,12H2,2-4H3,(H,26,31)(H,28,29). The summed E-state index contributed by atoms with van der Waals surface area (Å²) >= 11 is 0. The fraction of sp³-hybridized carbons (Fsp3) is 0.208. The van der Waals surface area contributed by atoms with Crippen molar-refractivity contribution in [1.29, 1.82) is 0 Å². The van der Waals surface area contributed by atoms with Gasteiger partial charge in [0.15, 0.2) is 17.2 Å². The molecule has 4 aromatic rings. The highest BCUT2D eigenvalue weighted by molar-refractivity contribution is 7.92. The van der Waals surface area contributed by atoms with Crippen molar-refractivity contribution >= 4 is 32.7 Å². The van der Waals surface area contributed by atoms with Crippen LogP contribution in [0.4, 0.5) is 10.2 Å². The monoisotopic (exact) mass is 545 g/mol. The summed E-state index contributed by atoms with van der Waals surface area (Å²) in [5, 5.41) is 10.8. The lowest BCUT2D eigenvalue weighted by atomic mass is 10.1. The molecule has 0 saturated carbocycles. The minimum absolute atomic E-state index is 0.0622. The number of sulfonamides is 1. The molecule has 2 aromatic heterocycles. The number of hydrogen-bond donors (Lipinski definition) is 2. The number of anilines is 1. The first-order valence-corrected chi connectivity index (χ1v) is 12.5. The molecule has 1 amide bonds. The maximum atomic E-state index is 13.1. The third-order valence-corrected chi connectivity index (χ3v) is 6.82. The van der Waals surface area contributed by atoms with Crippen molar-refractivity contribution in [2.24, 2.45) is 0 Å². The Kier molecular flexibility index (Phi) is 7.52. The number of rotatable bonds is 11. The van der Waals surface area contributed by atoms with Crippen LogP contribution in [0.5, 0.6) is 17.2 Å². The van der Waals surface area contributed by atoms with E-state index in [1.807, 2.05) is 0 Å². The quantitative estimate of drug-likeness (QED) is 0.272. The zero-order valence-corrected chi connectivity index (χ0v) is 21.5. The summed E-state index contributed by atoms with van der Waals surface area (Å²) < 4.78 is 64.4. The average Bonchev–Trinajstić information content (AvgIpc) is 3.52. The molecule has 2 aromatic carbocycles. The number of benzene rings is 2. The molecular weight excluding hydrogens is 521 g/mol. The molecule has 200 valence electrons. The molecule has 38 heavy (non-hydrogen) atoms. The highest BCUT2D eigenvalue weighted by Crippen LogP contribution is 2.36. The lowest BCUT2D eigenvalue weighted by Gasteiger charge is -2.12. The highest BCUT2D eigenvalue weighted by atomic mass is 32.2. The Morgan fingerprint density at radius 2 is 1.87 bits per heavy atom. The number of aromatic nitrogens is 3. The molecule has 0 unspecified atom stereocenters. The molecule has 0 bridgehead atoms. The van der Waals surface area contributed by atoms with Gasteiger partial charge in [-0.25, -0.2) is 12.8 Å². The molecule has 12 nitrogen and oxygen atoms in total. The molecule has 0 spiro atoms. The van der Waals surface area contributed by atoms with Gasteiger partial charge in [0.2, 0.25) is 0 Å².